The average Bonchev–Trinajstić information content (AvgIpc) is 2.25. The Morgan fingerprint density at radius 3 is 2.19 bits per heavy atom. The van der Waals surface area contributed by atoms with Gasteiger partial charge < -0.3 is 0 Å². The molecule has 1 N–H and O–H groups in total. The minimum absolute atomic E-state index is 0.277. The third kappa shape index (κ3) is 4.38. The van der Waals surface area contributed by atoms with Crippen LogP contribution in [0.5, 0.6) is 0 Å². The molecule has 1 rings (SSSR count). The predicted octanol–water partition coefficient (Wildman–Crippen LogP) is 1.91. The maximum Gasteiger partial charge on any atom is 0.244 e. The van der Waals surface area contributed by atoms with Crippen LogP contribution in [0.25, 0.3) is 0 Å². The highest BCUT2D eigenvalue weighted by atomic mass is 35.5. The summed E-state index contributed by atoms with van der Waals surface area (Å²) in [6, 6.07) is 2.61. The molecule has 1 unspecified atom stereocenters. The van der Waals surface area contributed by atoms with Crippen LogP contribution < -0.4 is 4.72 Å². The third-order valence-corrected chi connectivity index (χ3v) is 6.35. The van der Waals surface area contributed by atoms with Crippen molar-refractivity contribution in [3.63, 3.8) is 0 Å². The molecule has 1 aromatic carbocycles. The van der Waals surface area contributed by atoms with Gasteiger partial charge in [-0.1, -0.05) is 0 Å². The van der Waals surface area contributed by atoms with Gasteiger partial charge in [-0.05, 0) is 39.0 Å². The lowest BCUT2D eigenvalue weighted by Gasteiger charge is -2.28. The van der Waals surface area contributed by atoms with E-state index < -0.39 is 41.5 Å². The summed E-state index contributed by atoms with van der Waals surface area (Å²) in [5, 5.41) is -0.562. The Morgan fingerprint density at radius 1 is 1.24 bits per heavy atom. The Labute approximate surface area is 129 Å². The summed E-state index contributed by atoms with van der Waals surface area (Å²) >= 11 is 5.89. The van der Waals surface area contributed by atoms with E-state index >= 15 is 0 Å². The maximum absolute atomic E-state index is 13.8. The van der Waals surface area contributed by atoms with E-state index in [1.54, 1.807) is 20.8 Å². The first-order valence-electron chi connectivity index (χ1n) is 5.95. The van der Waals surface area contributed by atoms with E-state index in [4.69, 9.17) is 11.6 Å². The third-order valence-electron chi connectivity index (χ3n) is 3.01. The normalized spacial score (nSPS) is 15.0. The van der Waals surface area contributed by atoms with Gasteiger partial charge in [0.15, 0.2) is 9.84 Å². The molecule has 21 heavy (non-hydrogen) atoms. The van der Waals surface area contributed by atoms with E-state index in [1.165, 1.54) is 0 Å². The van der Waals surface area contributed by atoms with Gasteiger partial charge in [-0.3, -0.25) is 0 Å². The van der Waals surface area contributed by atoms with Crippen molar-refractivity contribution in [2.45, 2.75) is 41.5 Å². The van der Waals surface area contributed by atoms with Gasteiger partial charge in [0.1, 0.15) is 10.7 Å². The van der Waals surface area contributed by atoms with Gasteiger partial charge in [0.2, 0.25) is 10.0 Å². The first kappa shape index (κ1) is 18.3. The summed E-state index contributed by atoms with van der Waals surface area (Å²) in [6.07, 6.45) is 0.912. The number of hydrogen-bond donors (Lipinski definition) is 1. The fourth-order valence-electron chi connectivity index (χ4n) is 1.40. The molecule has 0 amide bonds. The van der Waals surface area contributed by atoms with Gasteiger partial charge in [-0.15, -0.1) is 11.6 Å². The number of hydrogen-bond acceptors (Lipinski definition) is 4. The van der Waals surface area contributed by atoms with Crippen molar-refractivity contribution in [1.82, 2.24) is 4.72 Å². The highest BCUT2D eigenvalue weighted by Crippen LogP contribution is 2.23. The van der Waals surface area contributed by atoms with Crippen LogP contribution in [-0.2, 0) is 19.9 Å². The van der Waals surface area contributed by atoms with Crippen molar-refractivity contribution in [2.75, 3.05) is 6.26 Å². The molecule has 1 atom stereocenters. The molecule has 5 nitrogen and oxygen atoms in total. The van der Waals surface area contributed by atoms with Crippen molar-refractivity contribution in [3.8, 4) is 0 Å². The smallest absolute Gasteiger partial charge is 0.224 e. The summed E-state index contributed by atoms with van der Waals surface area (Å²) in [4.78, 5) is -1.00. The molecule has 0 saturated heterocycles. The van der Waals surface area contributed by atoms with Crippen LogP contribution in [0.4, 0.5) is 4.39 Å². The van der Waals surface area contributed by atoms with E-state index in [2.05, 4.69) is 4.72 Å². The molecular formula is C12H17ClFNO4S2. The Hall–Kier alpha value is -0.700. The van der Waals surface area contributed by atoms with Gasteiger partial charge in [0, 0.05) is 17.2 Å². The van der Waals surface area contributed by atoms with Crippen molar-refractivity contribution in [2.24, 2.45) is 0 Å². The van der Waals surface area contributed by atoms with Crippen LogP contribution >= 0.6 is 11.6 Å². The first-order chi connectivity index (χ1) is 9.27. The Balaban J connectivity index is 3.39. The second-order valence-electron chi connectivity index (χ2n) is 5.31. The fourth-order valence-corrected chi connectivity index (χ4v) is 3.83. The second-order valence-corrected chi connectivity index (χ2v) is 9.63. The molecule has 0 aliphatic heterocycles. The van der Waals surface area contributed by atoms with Crippen molar-refractivity contribution in [1.29, 1.82) is 0 Å². The van der Waals surface area contributed by atoms with Crippen molar-refractivity contribution < 1.29 is 21.2 Å². The van der Waals surface area contributed by atoms with E-state index in [-0.39, 0.29) is 4.90 Å². The number of benzene rings is 1. The van der Waals surface area contributed by atoms with Gasteiger partial charge in [0.25, 0.3) is 0 Å². The Morgan fingerprint density at radius 2 is 1.76 bits per heavy atom. The molecule has 0 saturated carbocycles. The number of halogens is 2. The zero-order chi connectivity index (χ0) is 16.6. The lowest BCUT2D eigenvalue weighted by molar-refractivity contribution is 0.443. The van der Waals surface area contributed by atoms with Gasteiger partial charge in [-0.2, -0.15) is 0 Å². The van der Waals surface area contributed by atoms with Crippen molar-refractivity contribution in [3.05, 3.63) is 24.0 Å². The average molecular weight is 358 g/mol. The molecule has 0 aliphatic carbocycles. The fraction of sp³-hybridized carbons (Fsp3) is 0.500. The van der Waals surface area contributed by atoms with E-state index in [0.29, 0.717) is 0 Å². The molecule has 0 bridgehead atoms. The summed E-state index contributed by atoms with van der Waals surface area (Å²) in [6.45, 7) is 4.68. The molecule has 0 spiro atoms. The van der Waals surface area contributed by atoms with Crippen molar-refractivity contribution >= 4 is 31.5 Å². The van der Waals surface area contributed by atoms with E-state index in [9.17, 15) is 21.2 Å². The Kier molecular flexibility index (Phi) is 5.09. The van der Waals surface area contributed by atoms with Crippen LogP contribution in [0.2, 0.25) is 0 Å². The predicted molar refractivity (Wildman–Crippen MR) is 79.2 cm³/mol. The molecule has 120 valence electrons. The zero-order valence-corrected chi connectivity index (χ0v) is 14.4. The lowest BCUT2D eigenvalue weighted by Crippen LogP contribution is -2.49. The monoisotopic (exact) mass is 357 g/mol. The number of sulfone groups is 1. The van der Waals surface area contributed by atoms with Gasteiger partial charge in [0.05, 0.1) is 4.90 Å². The molecule has 1 aromatic rings. The molecular weight excluding hydrogens is 341 g/mol. The summed E-state index contributed by atoms with van der Waals surface area (Å²) in [5.41, 5.74) is -1.03. The zero-order valence-electron chi connectivity index (χ0n) is 12.0. The topological polar surface area (TPSA) is 80.3 Å². The maximum atomic E-state index is 13.8. The molecule has 0 aromatic heterocycles. The molecule has 0 fully saturated rings. The number of sulfonamides is 1. The van der Waals surface area contributed by atoms with Crippen LogP contribution in [0.3, 0.4) is 0 Å². The second kappa shape index (κ2) is 5.83. The highest BCUT2D eigenvalue weighted by Gasteiger charge is 2.32. The summed E-state index contributed by atoms with van der Waals surface area (Å²) in [5.74, 6) is -1.03. The highest BCUT2D eigenvalue weighted by molar-refractivity contribution is 7.91. The SMILES string of the molecule is CC(Cl)C(C)(C)NS(=O)(=O)c1cc(S(C)(=O)=O)ccc1F. The number of nitrogens with one attached hydrogen (secondary N) is 1. The lowest BCUT2D eigenvalue weighted by atomic mass is 10.0. The minimum Gasteiger partial charge on any atom is -0.224 e. The minimum atomic E-state index is -4.25. The van der Waals surface area contributed by atoms with E-state index in [1.807, 2.05) is 0 Å². The van der Waals surface area contributed by atoms with Crippen LogP contribution in [0.15, 0.2) is 28.0 Å². The van der Waals surface area contributed by atoms with Crippen LogP contribution in [0, 0.1) is 5.82 Å². The molecule has 0 heterocycles. The molecule has 0 aliphatic rings. The summed E-state index contributed by atoms with van der Waals surface area (Å²) in [7, 11) is -7.90. The summed E-state index contributed by atoms with van der Waals surface area (Å²) < 4.78 is 63.5. The standard InChI is InChI=1S/C12H17ClFNO4S2/c1-8(13)12(2,3)15-21(18,19)11-7-9(20(4,16)17)5-6-10(11)14/h5-8,15H,1-4H3. The van der Waals surface area contributed by atoms with Gasteiger partial charge >= 0.3 is 0 Å². The first-order valence-corrected chi connectivity index (χ1v) is 9.76. The quantitative estimate of drug-likeness (QED) is 0.644. The van der Waals surface area contributed by atoms with Gasteiger partial charge in [-0.25, -0.2) is 25.9 Å². The van der Waals surface area contributed by atoms with Crippen LogP contribution in [0.1, 0.15) is 20.8 Å². The molecule has 9 heteroatoms. The number of rotatable bonds is 5. The van der Waals surface area contributed by atoms with E-state index in [0.717, 1.165) is 24.5 Å². The van der Waals surface area contributed by atoms with Crippen LogP contribution in [-0.4, -0.2) is 34.0 Å². The number of alkyl halides is 1. The molecule has 0 radical (unpaired) electrons. The Bertz CT molecular complexity index is 743. The largest absolute Gasteiger partial charge is 0.244 e.